The second-order valence-corrected chi connectivity index (χ2v) is 7.07. The summed E-state index contributed by atoms with van der Waals surface area (Å²) in [6, 6.07) is 12.4. The van der Waals surface area contributed by atoms with E-state index in [0.29, 0.717) is 11.1 Å². The zero-order valence-corrected chi connectivity index (χ0v) is 18.9. The van der Waals surface area contributed by atoms with E-state index in [-0.39, 0.29) is 40.4 Å². The molecule has 1 aliphatic heterocycles. The molecule has 0 N–H and O–H groups in total. The first kappa shape index (κ1) is 23.3. The van der Waals surface area contributed by atoms with Gasteiger partial charge in [-0.1, -0.05) is 6.07 Å². The molecule has 10 nitrogen and oxygen atoms in total. The van der Waals surface area contributed by atoms with Crippen LogP contribution in [0.1, 0.15) is 28.6 Å². The molecule has 1 aliphatic rings. The standard InChI is InChI=1S/C25H19NO9/c1-14(27)33-18-9-7-16(13-22(18)31-3)23-26-17(24(28)35-23)11-15-6-8-19(21(12-15)30-2)34-25(29)20-5-4-10-32-20/h4-13H,1-3H3/b17-11-. The summed E-state index contributed by atoms with van der Waals surface area (Å²) in [7, 11) is 2.84. The van der Waals surface area contributed by atoms with E-state index in [0.717, 1.165) is 0 Å². The van der Waals surface area contributed by atoms with Gasteiger partial charge in [0.25, 0.3) is 0 Å². The van der Waals surface area contributed by atoms with Crippen LogP contribution in [0.25, 0.3) is 6.08 Å². The molecule has 2 heterocycles. The fourth-order valence-electron chi connectivity index (χ4n) is 3.13. The van der Waals surface area contributed by atoms with Crippen LogP contribution >= 0.6 is 0 Å². The van der Waals surface area contributed by atoms with Crippen molar-refractivity contribution in [1.29, 1.82) is 0 Å². The van der Waals surface area contributed by atoms with Crippen molar-refractivity contribution in [3.05, 3.63) is 77.4 Å². The molecule has 0 unspecified atom stereocenters. The zero-order valence-electron chi connectivity index (χ0n) is 18.9. The molecule has 0 atom stereocenters. The van der Waals surface area contributed by atoms with E-state index in [9.17, 15) is 14.4 Å². The van der Waals surface area contributed by atoms with Crippen LogP contribution in [0.5, 0.6) is 23.0 Å². The van der Waals surface area contributed by atoms with Crippen LogP contribution < -0.4 is 18.9 Å². The number of rotatable bonds is 7. The van der Waals surface area contributed by atoms with Crippen LogP contribution in [0.2, 0.25) is 0 Å². The van der Waals surface area contributed by atoms with E-state index >= 15 is 0 Å². The Kier molecular flexibility index (Phi) is 6.63. The molecular weight excluding hydrogens is 458 g/mol. The lowest BCUT2D eigenvalue weighted by molar-refractivity contribution is -0.132. The number of methoxy groups -OCH3 is 2. The Hall–Kier alpha value is -4.86. The molecule has 0 amide bonds. The van der Waals surface area contributed by atoms with E-state index in [1.54, 1.807) is 30.3 Å². The largest absolute Gasteiger partial charge is 0.493 e. The van der Waals surface area contributed by atoms with E-state index in [4.69, 9.17) is 28.1 Å². The third-order valence-corrected chi connectivity index (χ3v) is 4.70. The van der Waals surface area contributed by atoms with Gasteiger partial charge in [-0.3, -0.25) is 4.79 Å². The first-order valence-electron chi connectivity index (χ1n) is 10.2. The summed E-state index contributed by atoms with van der Waals surface area (Å²) in [6.07, 6.45) is 2.86. The lowest BCUT2D eigenvalue weighted by Crippen LogP contribution is -2.08. The van der Waals surface area contributed by atoms with Gasteiger partial charge in [-0.2, -0.15) is 0 Å². The van der Waals surface area contributed by atoms with Gasteiger partial charge in [0.05, 0.1) is 20.5 Å². The molecule has 178 valence electrons. The summed E-state index contributed by atoms with van der Waals surface area (Å²) in [5, 5.41) is 0. The van der Waals surface area contributed by atoms with Crippen molar-refractivity contribution in [1.82, 2.24) is 0 Å². The number of esters is 3. The van der Waals surface area contributed by atoms with Gasteiger partial charge in [-0.05, 0) is 54.1 Å². The Morgan fingerprint density at radius 1 is 0.914 bits per heavy atom. The maximum atomic E-state index is 12.4. The monoisotopic (exact) mass is 477 g/mol. The van der Waals surface area contributed by atoms with Crippen molar-refractivity contribution in [2.24, 2.45) is 4.99 Å². The number of nitrogens with zero attached hydrogens (tertiary/aromatic N) is 1. The van der Waals surface area contributed by atoms with Crippen molar-refractivity contribution in [3.8, 4) is 23.0 Å². The van der Waals surface area contributed by atoms with Crippen LogP contribution in [0.4, 0.5) is 0 Å². The highest BCUT2D eigenvalue weighted by molar-refractivity contribution is 6.13. The third kappa shape index (κ3) is 5.22. The number of cyclic esters (lactones) is 1. The Labute approximate surface area is 199 Å². The fraction of sp³-hybridized carbons (Fsp3) is 0.120. The number of ether oxygens (including phenoxy) is 5. The normalized spacial score (nSPS) is 13.7. The molecule has 10 heteroatoms. The first-order chi connectivity index (χ1) is 16.9. The number of furan rings is 1. The SMILES string of the molecule is COc1cc(C2=N/C(=C\c3ccc(OC(=O)c4ccco4)c(OC)c3)C(=O)O2)ccc1OC(C)=O. The number of hydrogen-bond acceptors (Lipinski definition) is 10. The summed E-state index contributed by atoms with van der Waals surface area (Å²) in [4.78, 5) is 40.1. The molecule has 0 saturated carbocycles. The summed E-state index contributed by atoms with van der Waals surface area (Å²) < 4.78 is 31.3. The average Bonchev–Trinajstić information content (AvgIpc) is 3.50. The zero-order chi connectivity index (χ0) is 24.9. The lowest BCUT2D eigenvalue weighted by Gasteiger charge is -2.09. The van der Waals surface area contributed by atoms with Crippen molar-refractivity contribution < 1.29 is 42.5 Å². The van der Waals surface area contributed by atoms with Gasteiger partial charge in [-0.15, -0.1) is 0 Å². The molecule has 0 fully saturated rings. The Morgan fingerprint density at radius 2 is 1.63 bits per heavy atom. The van der Waals surface area contributed by atoms with E-state index in [1.807, 2.05) is 0 Å². The molecular formula is C25H19NO9. The Balaban J connectivity index is 1.57. The summed E-state index contributed by atoms with van der Waals surface area (Å²) >= 11 is 0. The molecule has 0 bridgehead atoms. The highest BCUT2D eigenvalue weighted by Crippen LogP contribution is 2.32. The van der Waals surface area contributed by atoms with Crippen LogP contribution in [0, 0.1) is 0 Å². The minimum Gasteiger partial charge on any atom is -0.493 e. The van der Waals surface area contributed by atoms with Gasteiger partial charge in [0.2, 0.25) is 11.7 Å². The minimum atomic E-state index is -0.678. The van der Waals surface area contributed by atoms with Crippen molar-refractivity contribution in [3.63, 3.8) is 0 Å². The van der Waals surface area contributed by atoms with Crippen molar-refractivity contribution in [2.45, 2.75) is 6.92 Å². The van der Waals surface area contributed by atoms with Gasteiger partial charge in [0.15, 0.2) is 28.7 Å². The van der Waals surface area contributed by atoms with Gasteiger partial charge in [0.1, 0.15) is 0 Å². The van der Waals surface area contributed by atoms with Gasteiger partial charge >= 0.3 is 17.9 Å². The summed E-state index contributed by atoms with van der Waals surface area (Å²) in [5.41, 5.74) is 1.05. The molecule has 3 aromatic rings. The molecule has 0 radical (unpaired) electrons. The van der Waals surface area contributed by atoms with Crippen molar-refractivity contribution in [2.75, 3.05) is 14.2 Å². The highest BCUT2D eigenvalue weighted by atomic mass is 16.6. The van der Waals surface area contributed by atoms with E-state index < -0.39 is 17.9 Å². The summed E-state index contributed by atoms with van der Waals surface area (Å²) in [6.45, 7) is 1.28. The second kappa shape index (κ2) is 9.96. The number of aliphatic imine (C=N–C) groups is 1. The van der Waals surface area contributed by atoms with Gasteiger partial charge in [0, 0.05) is 12.5 Å². The lowest BCUT2D eigenvalue weighted by atomic mass is 10.1. The molecule has 0 spiro atoms. The quantitative estimate of drug-likeness (QED) is 0.284. The number of hydrogen-bond donors (Lipinski definition) is 0. The Morgan fingerprint density at radius 3 is 2.31 bits per heavy atom. The smallest absolute Gasteiger partial charge is 0.379 e. The van der Waals surface area contributed by atoms with Crippen LogP contribution in [0.3, 0.4) is 0 Å². The first-order valence-corrected chi connectivity index (χ1v) is 10.2. The van der Waals surface area contributed by atoms with E-state index in [1.165, 1.54) is 51.7 Å². The third-order valence-electron chi connectivity index (χ3n) is 4.70. The van der Waals surface area contributed by atoms with Gasteiger partial charge < -0.3 is 28.1 Å². The molecule has 1 aromatic heterocycles. The van der Waals surface area contributed by atoms with Gasteiger partial charge in [-0.25, -0.2) is 14.6 Å². The fourth-order valence-corrected chi connectivity index (χ4v) is 3.13. The molecule has 35 heavy (non-hydrogen) atoms. The van der Waals surface area contributed by atoms with Crippen LogP contribution in [0.15, 0.2) is 69.9 Å². The second-order valence-electron chi connectivity index (χ2n) is 7.07. The molecule has 0 saturated heterocycles. The topological polar surface area (TPSA) is 123 Å². The Bertz CT molecular complexity index is 1350. The van der Waals surface area contributed by atoms with Crippen LogP contribution in [-0.2, 0) is 14.3 Å². The minimum absolute atomic E-state index is 0.0467. The predicted octanol–water partition coefficient (Wildman–Crippen LogP) is 3.79. The number of carbonyl (C=O) groups excluding carboxylic acids is 3. The number of carbonyl (C=O) groups is 3. The molecule has 2 aromatic carbocycles. The molecule has 4 rings (SSSR count). The summed E-state index contributed by atoms with van der Waals surface area (Å²) in [5.74, 6) is -0.782. The van der Waals surface area contributed by atoms with Crippen molar-refractivity contribution >= 4 is 29.9 Å². The predicted molar refractivity (Wildman–Crippen MR) is 122 cm³/mol. The maximum absolute atomic E-state index is 12.4. The number of benzene rings is 2. The average molecular weight is 477 g/mol. The highest BCUT2D eigenvalue weighted by Gasteiger charge is 2.25. The maximum Gasteiger partial charge on any atom is 0.379 e. The molecule has 0 aliphatic carbocycles. The van der Waals surface area contributed by atoms with E-state index in [2.05, 4.69) is 4.99 Å². The van der Waals surface area contributed by atoms with Crippen LogP contribution in [-0.4, -0.2) is 38.0 Å².